The van der Waals surface area contributed by atoms with Gasteiger partial charge in [0, 0.05) is 25.3 Å². The summed E-state index contributed by atoms with van der Waals surface area (Å²) in [6.45, 7) is 1.42. The molecule has 164 valence electrons. The number of rotatable bonds is 6. The maximum Gasteiger partial charge on any atom is 0.250 e. The Hall–Kier alpha value is -2.00. The summed E-state index contributed by atoms with van der Waals surface area (Å²) in [4.78, 5) is 1.81. The summed E-state index contributed by atoms with van der Waals surface area (Å²) in [6.07, 6.45) is -0.350. The van der Waals surface area contributed by atoms with Crippen LogP contribution in [0.3, 0.4) is 0 Å². The van der Waals surface area contributed by atoms with Gasteiger partial charge in [0.15, 0.2) is 4.91 Å². The quantitative estimate of drug-likeness (QED) is 0.453. The van der Waals surface area contributed by atoms with Crippen LogP contribution in [0.2, 0.25) is 0 Å². The van der Waals surface area contributed by atoms with E-state index in [2.05, 4.69) is 9.62 Å². The molecule has 0 radical (unpaired) electrons. The highest BCUT2D eigenvalue weighted by Crippen LogP contribution is 2.22. The molecule has 4 atom stereocenters. The summed E-state index contributed by atoms with van der Waals surface area (Å²) in [5.41, 5.74) is 1.64. The van der Waals surface area contributed by atoms with Crippen LogP contribution in [-0.4, -0.2) is 74.4 Å². The van der Waals surface area contributed by atoms with Crippen LogP contribution < -0.4 is 9.62 Å². The number of nitriles is 1. The summed E-state index contributed by atoms with van der Waals surface area (Å²) in [6, 6.07) is 9.04. The third-order valence-corrected chi connectivity index (χ3v) is 6.73. The van der Waals surface area contributed by atoms with E-state index in [4.69, 9.17) is 4.74 Å². The topological polar surface area (TPSA) is 143 Å². The molecule has 10 heteroatoms. The van der Waals surface area contributed by atoms with Crippen molar-refractivity contribution in [1.29, 1.82) is 5.26 Å². The van der Waals surface area contributed by atoms with E-state index in [1.165, 1.54) is 12.5 Å². The minimum Gasteiger partial charge on any atom is -0.388 e. The fourth-order valence-electron chi connectivity index (χ4n) is 3.57. The minimum atomic E-state index is -4.15. The van der Waals surface area contributed by atoms with Gasteiger partial charge in [-0.15, -0.1) is 0 Å². The van der Waals surface area contributed by atoms with Crippen LogP contribution in [0, 0.1) is 11.3 Å². The highest BCUT2D eigenvalue weighted by Gasteiger charge is 2.38. The van der Waals surface area contributed by atoms with Crippen molar-refractivity contribution in [3.05, 3.63) is 34.7 Å². The number of nitrogens with one attached hydrogen (secondary N) is 1. The van der Waals surface area contributed by atoms with Crippen molar-refractivity contribution < 1.29 is 28.5 Å². The normalized spacial score (nSPS) is 28.2. The number of benzene rings is 1. The lowest BCUT2D eigenvalue weighted by Gasteiger charge is -2.35. The molecule has 0 spiro atoms. The molecular weight excluding hydrogens is 410 g/mol. The summed E-state index contributed by atoms with van der Waals surface area (Å²) in [5.74, 6) is 0. The molecule has 0 unspecified atom stereocenters. The zero-order chi connectivity index (χ0) is 21.7. The Morgan fingerprint density at radius 1 is 1.17 bits per heavy atom. The predicted octanol–water partition coefficient (Wildman–Crippen LogP) is -0.0577. The smallest absolute Gasteiger partial charge is 0.250 e. The van der Waals surface area contributed by atoms with Gasteiger partial charge in [0.2, 0.25) is 0 Å². The largest absolute Gasteiger partial charge is 0.388 e. The lowest BCUT2D eigenvalue weighted by atomic mass is 10.0. The van der Waals surface area contributed by atoms with Crippen LogP contribution >= 0.6 is 0 Å². The molecule has 2 saturated heterocycles. The highest BCUT2D eigenvalue weighted by molar-refractivity contribution is 7.93. The number of hydrogen-bond donors (Lipinski definition) is 4. The standard InChI is InChI=1S/C20H27N3O6S/c21-11-16(10-14-4-6-15(7-5-14)23-8-2-1-3-9-23)30(27,28)22-12-18-20(26)19(25)17(24)13-29-18/h4-7,10,17-20,22,24-26H,1-3,8-9,12-13H2/b16-10+/t17-,18+,19+,20+/m0/s1. The van der Waals surface area contributed by atoms with E-state index in [0.717, 1.165) is 31.6 Å². The zero-order valence-corrected chi connectivity index (χ0v) is 17.3. The van der Waals surface area contributed by atoms with Gasteiger partial charge >= 0.3 is 0 Å². The van der Waals surface area contributed by atoms with Crippen molar-refractivity contribution in [2.75, 3.05) is 31.1 Å². The van der Waals surface area contributed by atoms with Gasteiger partial charge in [0.25, 0.3) is 10.0 Å². The van der Waals surface area contributed by atoms with Crippen molar-refractivity contribution in [1.82, 2.24) is 4.72 Å². The van der Waals surface area contributed by atoms with E-state index >= 15 is 0 Å². The van der Waals surface area contributed by atoms with Crippen LogP contribution in [0.4, 0.5) is 5.69 Å². The van der Waals surface area contributed by atoms with E-state index in [1.54, 1.807) is 18.2 Å². The molecule has 3 rings (SSSR count). The van der Waals surface area contributed by atoms with E-state index in [1.807, 2.05) is 12.1 Å². The molecule has 4 N–H and O–H groups in total. The molecule has 0 bridgehead atoms. The van der Waals surface area contributed by atoms with Crippen molar-refractivity contribution in [3.8, 4) is 6.07 Å². The van der Waals surface area contributed by atoms with Crippen LogP contribution in [0.5, 0.6) is 0 Å². The van der Waals surface area contributed by atoms with E-state index in [9.17, 15) is 29.0 Å². The number of anilines is 1. The predicted molar refractivity (Wildman–Crippen MR) is 111 cm³/mol. The van der Waals surface area contributed by atoms with Gasteiger partial charge in [-0.25, -0.2) is 13.1 Å². The van der Waals surface area contributed by atoms with Crippen molar-refractivity contribution in [3.63, 3.8) is 0 Å². The fourth-order valence-corrected chi connectivity index (χ4v) is 4.52. The monoisotopic (exact) mass is 437 g/mol. The van der Waals surface area contributed by atoms with Crippen LogP contribution in [-0.2, 0) is 14.8 Å². The van der Waals surface area contributed by atoms with Gasteiger partial charge in [-0.2, -0.15) is 5.26 Å². The third-order valence-electron chi connectivity index (χ3n) is 5.39. The first-order chi connectivity index (χ1) is 14.3. The van der Waals surface area contributed by atoms with Gasteiger partial charge in [-0.1, -0.05) is 12.1 Å². The second-order valence-electron chi connectivity index (χ2n) is 7.53. The first-order valence-electron chi connectivity index (χ1n) is 9.94. The number of sulfonamides is 1. The van der Waals surface area contributed by atoms with Gasteiger partial charge in [-0.3, -0.25) is 0 Å². The van der Waals surface area contributed by atoms with Gasteiger partial charge in [0.1, 0.15) is 24.4 Å². The average Bonchev–Trinajstić information content (AvgIpc) is 2.76. The fraction of sp³-hybridized carbons (Fsp3) is 0.550. The highest BCUT2D eigenvalue weighted by atomic mass is 32.2. The maximum absolute atomic E-state index is 12.5. The molecule has 2 aliphatic rings. The lowest BCUT2D eigenvalue weighted by Crippen LogP contribution is -2.56. The second-order valence-corrected chi connectivity index (χ2v) is 9.27. The van der Waals surface area contributed by atoms with E-state index in [0.29, 0.717) is 5.56 Å². The molecule has 2 aliphatic heterocycles. The number of hydrogen-bond acceptors (Lipinski definition) is 8. The first kappa shape index (κ1) is 22.7. The molecule has 9 nitrogen and oxygen atoms in total. The molecular formula is C20H27N3O6S. The van der Waals surface area contributed by atoms with Crippen molar-refractivity contribution >= 4 is 21.8 Å². The van der Waals surface area contributed by atoms with Gasteiger partial charge < -0.3 is 25.0 Å². The Bertz CT molecular complexity index is 890. The number of ether oxygens (including phenoxy) is 1. The van der Waals surface area contributed by atoms with Crippen molar-refractivity contribution in [2.24, 2.45) is 0 Å². The molecule has 2 heterocycles. The van der Waals surface area contributed by atoms with Gasteiger partial charge in [0.05, 0.1) is 12.7 Å². The Morgan fingerprint density at radius 2 is 1.83 bits per heavy atom. The minimum absolute atomic E-state index is 0.227. The Kier molecular flexibility index (Phi) is 7.46. The lowest BCUT2D eigenvalue weighted by molar-refractivity contribution is -0.184. The summed E-state index contributed by atoms with van der Waals surface area (Å²) >= 11 is 0. The number of aliphatic hydroxyl groups is 3. The molecule has 30 heavy (non-hydrogen) atoms. The number of aliphatic hydroxyl groups excluding tert-OH is 3. The van der Waals surface area contributed by atoms with Crippen LogP contribution in [0.25, 0.3) is 6.08 Å². The molecule has 0 saturated carbocycles. The molecule has 1 aromatic carbocycles. The zero-order valence-electron chi connectivity index (χ0n) is 16.5. The van der Waals surface area contributed by atoms with Gasteiger partial charge in [-0.05, 0) is 43.0 Å². The number of piperidine rings is 1. The second kappa shape index (κ2) is 9.87. The Balaban J connectivity index is 1.66. The molecule has 0 aromatic heterocycles. The van der Waals surface area contributed by atoms with Crippen LogP contribution in [0.1, 0.15) is 24.8 Å². The molecule has 0 aliphatic carbocycles. The summed E-state index contributed by atoms with van der Waals surface area (Å²) < 4.78 is 32.4. The van der Waals surface area contributed by atoms with Crippen molar-refractivity contribution in [2.45, 2.75) is 43.7 Å². The number of nitrogens with zero attached hydrogens (tertiary/aromatic N) is 2. The summed E-state index contributed by atoms with van der Waals surface area (Å²) in [7, 11) is -4.15. The first-order valence-corrected chi connectivity index (χ1v) is 11.4. The van der Waals surface area contributed by atoms with E-state index < -0.39 is 39.3 Å². The van der Waals surface area contributed by atoms with Crippen LogP contribution in [0.15, 0.2) is 29.2 Å². The SMILES string of the molecule is N#C/C(=C\c1ccc(N2CCCCC2)cc1)S(=O)(=O)NC[C@H]1OC[C@H](O)[C@@H](O)[C@@H]1O. The molecule has 2 fully saturated rings. The Labute approximate surface area is 176 Å². The molecule has 1 aromatic rings. The summed E-state index contributed by atoms with van der Waals surface area (Å²) in [5, 5.41) is 38.4. The average molecular weight is 438 g/mol. The Morgan fingerprint density at radius 3 is 2.47 bits per heavy atom. The third kappa shape index (κ3) is 5.37. The van der Waals surface area contributed by atoms with E-state index in [-0.39, 0.29) is 13.2 Å². The maximum atomic E-state index is 12.5. The number of allylic oxidation sites excluding steroid dienone is 1. The molecule has 0 amide bonds.